The Morgan fingerprint density at radius 1 is 1.08 bits per heavy atom. The maximum Gasteiger partial charge on any atom is 0.256 e. The van der Waals surface area contributed by atoms with Gasteiger partial charge in [0.2, 0.25) is 5.91 Å². The van der Waals surface area contributed by atoms with Crippen LogP contribution in [0.15, 0.2) is 6.20 Å². The lowest BCUT2D eigenvalue weighted by atomic mass is 10.1. The van der Waals surface area contributed by atoms with Gasteiger partial charge in [0.1, 0.15) is 0 Å². The van der Waals surface area contributed by atoms with Crippen molar-refractivity contribution in [2.24, 2.45) is 7.05 Å². The van der Waals surface area contributed by atoms with Gasteiger partial charge in [-0.25, -0.2) is 0 Å². The summed E-state index contributed by atoms with van der Waals surface area (Å²) in [5, 5.41) is 20.2. The van der Waals surface area contributed by atoms with Gasteiger partial charge in [-0.2, -0.15) is 0 Å². The first-order valence-corrected chi connectivity index (χ1v) is 9.16. The number of nitrogens with zero attached hydrogens (tertiary/aromatic N) is 3. The van der Waals surface area contributed by atoms with Crippen molar-refractivity contribution in [1.82, 2.24) is 14.4 Å². The van der Waals surface area contributed by atoms with Crippen molar-refractivity contribution >= 4 is 11.8 Å². The van der Waals surface area contributed by atoms with E-state index in [-0.39, 0.29) is 18.2 Å². The number of hydrogen-bond acceptors (Lipinski definition) is 4. The highest BCUT2D eigenvalue weighted by Gasteiger charge is 2.37. The molecule has 7 nitrogen and oxygen atoms in total. The third-order valence-electron chi connectivity index (χ3n) is 5.57. The van der Waals surface area contributed by atoms with Crippen LogP contribution in [-0.4, -0.2) is 73.8 Å². The molecule has 7 heteroatoms. The Bertz CT molecular complexity index is 735. The van der Waals surface area contributed by atoms with Crippen LogP contribution < -0.4 is 0 Å². The Morgan fingerprint density at radius 2 is 1.62 bits per heavy atom. The number of carbonyl (C=O) groups is 2. The molecule has 0 radical (unpaired) electrons. The predicted molar refractivity (Wildman–Crippen MR) is 96.8 cm³/mol. The number of carbonyl (C=O) groups excluding carboxylic acids is 2. The van der Waals surface area contributed by atoms with Crippen LogP contribution in [-0.2, 0) is 18.3 Å². The first-order chi connectivity index (χ1) is 12.0. The molecule has 2 amide bonds. The smallest absolute Gasteiger partial charge is 0.256 e. The minimum absolute atomic E-state index is 0.0774. The Labute approximate surface area is 154 Å². The van der Waals surface area contributed by atoms with Crippen molar-refractivity contribution < 1.29 is 19.8 Å². The zero-order valence-corrected chi connectivity index (χ0v) is 16.1. The van der Waals surface area contributed by atoms with E-state index in [2.05, 4.69) is 0 Å². The summed E-state index contributed by atoms with van der Waals surface area (Å²) in [6.45, 7) is 7.03. The number of aryl methyl sites for hydroxylation is 2. The number of rotatable bonds is 3. The molecule has 2 saturated heterocycles. The van der Waals surface area contributed by atoms with Crippen LogP contribution in [0.25, 0.3) is 0 Å². The highest BCUT2D eigenvalue weighted by molar-refractivity contribution is 5.98. The molecule has 0 bridgehead atoms. The van der Waals surface area contributed by atoms with Gasteiger partial charge in [0.05, 0.1) is 23.2 Å². The second-order valence-corrected chi connectivity index (χ2v) is 8.46. The van der Waals surface area contributed by atoms with Crippen LogP contribution in [0.2, 0.25) is 0 Å². The maximum atomic E-state index is 13.0. The van der Waals surface area contributed by atoms with E-state index in [1.807, 2.05) is 24.7 Å². The molecule has 3 heterocycles. The second kappa shape index (κ2) is 6.39. The van der Waals surface area contributed by atoms with Crippen molar-refractivity contribution in [3.8, 4) is 0 Å². The lowest BCUT2D eigenvalue weighted by Crippen LogP contribution is -2.36. The van der Waals surface area contributed by atoms with Crippen molar-refractivity contribution in [2.75, 3.05) is 26.2 Å². The number of likely N-dealkylation sites (tertiary alicyclic amines) is 2. The fourth-order valence-electron chi connectivity index (χ4n) is 4.03. The van der Waals surface area contributed by atoms with E-state index in [1.54, 1.807) is 23.6 Å². The fourth-order valence-corrected chi connectivity index (χ4v) is 4.03. The minimum Gasteiger partial charge on any atom is -0.388 e. The molecule has 0 saturated carbocycles. The van der Waals surface area contributed by atoms with E-state index < -0.39 is 11.2 Å². The molecule has 0 spiro atoms. The molecule has 2 fully saturated rings. The van der Waals surface area contributed by atoms with Crippen LogP contribution in [0.1, 0.15) is 48.3 Å². The summed E-state index contributed by atoms with van der Waals surface area (Å²) in [5.41, 5.74) is 0.398. The van der Waals surface area contributed by atoms with Crippen LogP contribution in [0, 0.1) is 6.92 Å². The van der Waals surface area contributed by atoms with Gasteiger partial charge in [-0.1, -0.05) is 0 Å². The summed E-state index contributed by atoms with van der Waals surface area (Å²) in [5.74, 6) is -0.205. The summed E-state index contributed by atoms with van der Waals surface area (Å²) in [6, 6.07) is 0. The van der Waals surface area contributed by atoms with Gasteiger partial charge in [0.25, 0.3) is 5.91 Å². The molecule has 0 aromatic carbocycles. The topological polar surface area (TPSA) is 86.0 Å². The Morgan fingerprint density at radius 3 is 2.12 bits per heavy atom. The summed E-state index contributed by atoms with van der Waals surface area (Å²) in [4.78, 5) is 29.1. The van der Waals surface area contributed by atoms with E-state index in [4.69, 9.17) is 0 Å². The van der Waals surface area contributed by atoms with E-state index in [9.17, 15) is 19.8 Å². The van der Waals surface area contributed by atoms with Crippen molar-refractivity contribution in [2.45, 2.75) is 51.2 Å². The van der Waals surface area contributed by atoms with Crippen LogP contribution >= 0.6 is 0 Å². The maximum absolute atomic E-state index is 13.0. The molecule has 1 aromatic rings. The Kier molecular flexibility index (Phi) is 4.65. The lowest BCUT2D eigenvalue weighted by molar-refractivity contribution is -0.130. The Hall–Kier alpha value is -1.86. The highest BCUT2D eigenvalue weighted by atomic mass is 16.3. The molecular weight excluding hydrogens is 334 g/mol. The molecular formula is C19H29N3O4. The van der Waals surface area contributed by atoms with Crippen molar-refractivity contribution in [3.05, 3.63) is 23.0 Å². The summed E-state index contributed by atoms with van der Waals surface area (Å²) >= 11 is 0. The van der Waals surface area contributed by atoms with Crippen molar-refractivity contribution in [1.29, 1.82) is 0 Å². The molecule has 0 aliphatic carbocycles. The number of amides is 2. The van der Waals surface area contributed by atoms with Gasteiger partial charge in [0, 0.05) is 45.1 Å². The van der Waals surface area contributed by atoms with Crippen LogP contribution in [0.5, 0.6) is 0 Å². The normalized spacial score (nSPS) is 28.8. The van der Waals surface area contributed by atoms with Gasteiger partial charge in [-0.05, 0) is 39.2 Å². The second-order valence-electron chi connectivity index (χ2n) is 8.46. The molecule has 1 aromatic heterocycles. The van der Waals surface area contributed by atoms with Crippen LogP contribution in [0.4, 0.5) is 0 Å². The third kappa shape index (κ3) is 3.64. The summed E-state index contributed by atoms with van der Waals surface area (Å²) < 4.78 is 1.84. The lowest BCUT2D eigenvalue weighted by Gasteiger charge is -2.21. The largest absolute Gasteiger partial charge is 0.388 e. The monoisotopic (exact) mass is 363 g/mol. The zero-order chi connectivity index (χ0) is 19.3. The first kappa shape index (κ1) is 18.9. The highest BCUT2D eigenvalue weighted by Crippen LogP contribution is 2.27. The molecule has 2 aliphatic rings. The quantitative estimate of drug-likeness (QED) is 0.817. The Balaban J connectivity index is 1.80. The molecule has 3 rings (SSSR count). The average Bonchev–Trinajstić information content (AvgIpc) is 3.15. The summed E-state index contributed by atoms with van der Waals surface area (Å²) in [6.07, 6.45) is 3.12. The molecule has 2 N–H and O–H groups in total. The number of aromatic nitrogens is 1. The van der Waals surface area contributed by atoms with E-state index >= 15 is 0 Å². The van der Waals surface area contributed by atoms with Gasteiger partial charge in [-0.15, -0.1) is 0 Å². The molecule has 144 valence electrons. The minimum atomic E-state index is -0.852. The predicted octanol–water partition coefficient (Wildman–Crippen LogP) is 0.456. The van der Waals surface area contributed by atoms with Gasteiger partial charge in [-0.3, -0.25) is 9.59 Å². The number of hydrogen-bond donors (Lipinski definition) is 2. The van der Waals surface area contributed by atoms with E-state index in [0.29, 0.717) is 50.3 Å². The van der Waals surface area contributed by atoms with E-state index in [0.717, 1.165) is 5.56 Å². The molecule has 26 heavy (non-hydrogen) atoms. The van der Waals surface area contributed by atoms with Gasteiger partial charge < -0.3 is 24.6 Å². The average molecular weight is 363 g/mol. The molecule has 2 atom stereocenters. The fraction of sp³-hybridized carbons (Fsp3) is 0.684. The third-order valence-corrected chi connectivity index (χ3v) is 5.57. The van der Waals surface area contributed by atoms with E-state index in [1.165, 1.54) is 0 Å². The molecule has 2 unspecified atom stereocenters. The summed E-state index contributed by atoms with van der Waals surface area (Å²) in [7, 11) is 1.84. The number of aliphatic hydroxyl groups is 2. The van der Waals surface area contributed by atoms with Crippen LogP contribution in [0.3, 0.4) is 0 Å². The van der Waals surface area contributed by atoms with Gasteiger partial charge in [0.15, 0.2) is 0 Å². The SMILES string of the molecule is Cc1cn(C)c(CC(=O)N2CCC(C)(O)C2)c1C(=O)N1CCC(C)(O)C1. The number of β-amino-alcohol motifs (C(OH)–C–C–N with tert-alkyl or cyclic N) is 2. The zero-order valence-electron chi connectivity index (χ0n) is 16.1. The molecule has 2 aliphatic heterocycles. The van der Waals surface area contributed by atoms with Gasteiger partial charge >= 0.3 is 0 Å². The van der Waals surface area contributed by atoms with Crippen molar-refractivity contribution in [3.63, 3.8) is 0 Å². The standard InChI is InChI=1S/C19H29N3O4/c1-13-10-20(4)14(9-15(23)21-7-5-18(2,25)11-21)16(13)17(24)22-8-6-19(3,26)12-22/h10,25-26H,5-9,11-12H2,1-4H3. The first-order valence-electron chi connectivity index (χ1n) is 9.16.